The Bertz CT molecular complexity index is 697. The Morgan fingerprint density at radius 3 is 2.39 bits per heavy atom. The molecule has 0 spiro atoms. The molecule has 0 bridgehead atoms. The summed E-state index contributed by atoms with van der Waals surface area (Å²) >= 11 is 0. The van der Waals surface area contributed by atoms with Gasteiger partial charge in [0.1, 0.15) is 17.4 Å². The molecule has 1 aromatic rings. The maximum absolute atomic E-state index is 13.2. The van der Waals surface area contributed by atoms with Gasteiger partial charge < -0.3 is 24.8 Å². The number of methoxy groups -OCH3 is 2. The third-order valence-corrected chi connectivity index (χ3v) is 4.91. The molecule has 0 aromatic heterocycles. The fourth-order valence-corrected chi connectivity index (χ4v) is 3.43. The van der Waals surface area contributed by atoms with E-state index in [1.54, 1.807) is 14.0 Å². The van der Waals surface area contributed by atoms with Crippen LogP contribution >= 0.6 is 0 Å². The lowest BCUT2D eigenvalue weighted by Crippen LogP contribution is -2.60. The molecule has 3 atom stereocenters. The van der Waals surface area contributed by atoms with E-state index in [9.17, 15) is 14.4 Å². The van der Waals surface area contributed by atoms with E-state index >= 15 is 0 Å². The lowest BCUT2D eigenvalue weighted by Gasteiger charge is -2.31. The van der Waals surface area contributed by atoms with Crippen LogP contribution in [0.4, 0.5) is 0 Å². The lowest BCUT2D eigenvalue weighted by molar-refractivity contribution is -0.156. The van der Waals surface area contributed by atoms with Crippen molar-refractivity contribution in [3.8, 4) is 5.75 Å². The highest BCUT2D eigenvalue weighted by molar-refractivity contribution is 5.91. The minimum atomic E-state index is -1.09. The Hall–Kier alpha value is -2.61. The molecule has 1 heterocycles. The Balaban J connectivity index is 2.19. The highest BCUT2D eigenvalue weighted by Gasteiger charge is 2.43. The quantitative estimate of drug-likeness (QED) is 0.636. The first-order chi connectivity index (χ1) is 13.3. The smallest absolute Gasteiger partial charge is 0.332 e. The molecule has 1 aromatic carbocycles. The predicted molar refractivity (Wildman–Crippen MR) is 102 cm³/mol. The minimum Gasteiger partial charge on any atom is -0.497 e. The van der Waals surface area contributed by atoms with Crippen molar-refractivity contribution in [3.63, 3.8) is 0 Å². The number of carbonyl (C=O) groups excluding carboxylic acids is 3. The monoisotopic (exact) mass is 392 g/mol. The van der Waals surface area contributed by atoms with Crippen molar-refractivity contribution in [2.24, 2.45) is 0 Å². The summed E-state index contributed by atoms with van der Waals surface area (Å²) in [5.74, 6) is -0.792. The molecule has 1 amide bonds. The molecule has 1 fully saturated rings. The van der Waals surface area contributed by atoms with E-state index in [4.69, 9.17) is 14.2 Å². The molecule has 2 N–H and O–H groups in total. The van der Waals surface area contributed by atoms with Gasteiger partial charge in [-0.05, 0) is 50.4 Å². The summed E-state index contributed by atoms with van der Waals surface area (Å²) in [6, 6.07) is 6.42. The van der Waals surface area contributed by atoms with E-state index < -0.39 is 29.6 Å². The van der Waals surface area contributed by atoms with Gasteiger partial charge in [0.05, 0.1) is 14.2 Å². The topological polar surface area (TPSA) is 103 Å². The van der Waals surface area contributed by atoms with Crippen LogP contribution < -0.4 is 15.4 Å². The zero-order chi connectivity index (χ0) is 20.7. The molecule has 28 heavy (non-hydrogen) atoms. The van der Waals surface area contributed by atoms with Crippen molar-refractivity contribution < 1.29 is 28.6 Å². The SMILES string of the molecule is COC(=O)[C@H](NC(=O)C1(Cc2ccc(OC)cc2)CCCN1)[C@@H](C)OC(C)=O. The maximum atomic E-state index is 13.2. The number of amides is 1. The van der Waals surface area contributed by atoms with E-state index in [0.717, 1.165) is 17.7 Å². The molecular weight excluding hydrogens is 364 g/mol. The van der Waals surface area contributed by atoms with Crippen LogP contribution in [0.5, 0.6) is 5.75 Å². The van der Waals surface area contributed by atoms with Gasteiger partial charge in [-0.25, -0.2) is 4.79 Å². The van der Waals surface area contributed by atoms with Gasteiger partial charge in [-0.3, -0.25) is 9.59 Å². The predicted octanol–water partition coefficient (Wildman–Crippen LogP) is 0.969. The molecular formula is C20H28N2O6. The van der Waals surface area contributed by atoms with Crippen molar-refractivity contribution >= 4 is 17.8 Å². The van der Waals surface area contributed by atoms with Crippen LogP contribution in [0.3, 0.4) is 0 Å². The summed E-state index contributed by atoms with van der Waals surface area (Å²) in [6.45, 7) is 3.49. The first-order valence-electron chi connectivity index (χ1n) is 9.25. The summed E-state index contributed by atoms with van der Waals surface area (Å²) in [6.07, 6.45) is 1.07. The maximum Gasteiger partial charge on any atom is 0.332 e. The Kier molecular flexibility index (Phi) is 7.39. The molecule has 8 nitrogen and oxygen atoms in total. The summed E-state index contributed by atoms with van der Waals surface area (Å²) in [5.41, 5.74) is 0.115. The molecule has 1 unspecified atom stereocenters. The van der Waals surface area contributed by atoms with Gasteiger partial charge >= 0.3 is 11.9 Å². The van der Waals surface area contributed by atoms with Crippen molar-refractivity contribution in [1.29, 1.82) is 0 Å². The van der Waals surface area contributed by atoms with Crippen LogP contribution in [0.15, 0.2) is 24.3 Å². The van der Waals surface area contributed by atoms with E-state index in [1.165, 1.54) is 14.0 Å². The lowest BCUT2D eigenvalue weighted by atomic mass is 9.87. The van der Waals surface area contributed by atoms with Gasteiger partial charge in [0.15, 0.2) is 6.04 Å². The first-order valence-corrected chi connectivity index (χ1v) is 9.25. The summed E-state index contributed by atoms with van der Waals surface area (Å²) in [7, 11) is 2.82. The summed E-state index contributed by atoms with van der Waals surface area (Å²) in [4.78, 5) is 36.6. The number of hydrogen-bond donors (Lipinski definition) is 2. The normalized spacial score (nSPS) is 20.7. The van der Waals surface area contributed by atoms with Gasteiger partial charge in [-0.1, -0.05) is 12.1 Å². The third kappa shape index (κ3) is 5.22. The van der Waals surface area contributed by atoms with E-state index in [2.05, 4.69) is 10.6 Å². The fourth-order valence-electron chi connectivity index (χ4n) is 3.43. The first kappa shape index (κ1) is 21.7. The standard InChI is InChI=1S/C20H28N2O6/c1-13(28-14(2)23)17(18(24)27-4)22-19(25)20(10-5-11-21-20)12-15-6-8-16(26-3)9-7-15/h6-9,13,17,21H,5,10-12H2,1-4H3,(H,22,25)/t13-,17-,20?/m1/s1. The second-order valence-corrected chi connectivity index (χ2v) is 6.93. The van der Waals surface area contributed by atoms with Crippen LogP contribution in [0.25, 0.3) is 0 Å². The van der Waals surface area contributed by atoms with E-state index in [0.29, 0.717) is 19.4 Å². The van der Waals surface area contributed by atoms with Crippen LogP contribution in [0, 0.1) is 0 Å². The molecule has 1 aliphatic rings. The second kappa shape index (κ2) is 9.54. The second-order valence-electron chi connectivity index (χ2n) is 6.93. The Morgan fingerprint density at radius 1 is 1.21 bits per heavy atom. The zero-order valence-corrected chi connectivity index (χ0v) is 16.7. The van der Waals surface area contributed by atoms with Crippen molar-refractivity contribution in [1.82, 2.24) is 10.6 Å². The van der Waals surface area contributed by atoms with E-state index in [-0.39, 0.29) is 5.91 Å². The fraction of sp³-hybridized carbons (Fsp3) is 0.550. The van der Waals surface area contributed by atoms with E-state index in [1.807, 2.05) is 24.3 Å². The zero-order valence-electron chi connectivity index (χ0n) is 16.7. The Labute approximate surface area is 164 Å². The number of benzene rings is 1. The number of nitrogens with one attached hydrogen (secondary N) is 2. The van der Waals surface area contributed by atoms with Crippen LogP contribution in [-0.4, -0.2) is 56.3 Å². The number of ether oxygens (including phenoxy) is 3. The van der Waals surface area contributed by atoms with Gasteiger partial charge in [-0.2, -0.15) is 0 Å². The average Bonchev–Trinajstić information content (AvgIpc) is 3.15. The molecule has 154 valence electrons. The molecule has 1 saturated heterocycles. The van der Waals surface area contributed by atoms with Crippen molar-refractivity contribution in [3.05, 3.63) is 29.8 Å². The molecule has 1 aliphatic heterocycles. The van der Waals surface area contributed by atoms with Crippen LogP contribution in [0.1, 0.15) is 32.3 Å². The van der Waals surface area contributed by atoms with Crippen LogP contribution in [-0.2, 0) is 30.3 Å². The third-order valence-electron chi connectivity index (χ3n) is 4.91. The molecule has 8 heteroatoms. The molecule has 0 aliphatic carbocycles. The number of esters is 2. The van der Waals surface area contributed by atoms with Gasteiger partial charge in [0.25, 0.3) is 0 Å². The van der Waals surface area contributed by atoms with Gasteiger partial charge in [-0.15, -0.1) is 0 Å². The average molecular weight is 392 g/mol. The number of rotatable bonds is 8. The highest BCUT2D eigenvalue weighted by Crippen LogP contribution is 2.26. The van der Waals surface area contributed by atoms with Crippen LogP contribution in [0.2, 0.25) is 0 Å². The summed E-state index contributed by atoms with van der Waals surface area (Å²) in [5, 5.41) is 6.01. The molecule has 2 rings (SSSR count). The Morgan fingerprint density at radius 2 is 1.89 bits per heavy atom. The largest absolute Gasteiger partial charge is 0.497 e. The number of hydrogen-bond acceptors (Lipinski definition) is 7. The molecule has 0 saturated carbocycles. The van der Waals surface area contributed by atoms with Crippen molar-refractivity contribution in [2.75, 3.05) is 20.8 Å². The summed E-state index contributed by atoms with van der Waals surface area (Å²) < 4.78 is 15.0. The van der Waals surface area contributed by atoms with Crippen molar-refractivity contribution in [2.45, 2.75) is 50.8 Å². The minimum absolute atomic E-state index is 0.324. The molecule has 0 radical (unpaired) electrons. The highest BCUT2D eigenvalue weighted by atomic mass is 16.6. The van der Waals surface area contributed by atoms with Gasteiger partial charge in [0.2, 0.25) is 5.91 Å². The van der Waals surface area contributed by atoms with Gasteiger partial charge in [0, 0.05) is 6.92 Å². The number of carbonyl (C=O) groups is 3.